The van der Waals surface area contributed by atoms with Crippen molar-refractivity contribution >= 4 is 27.3 Å². The lowest BCUT2D eigenvalue weighted by Gasteiger charge is -2.27. The van der Waals surface area contributed by atoms with E-state index in [1.54, 1.807) is 11.3 Å². The van der Waals surface area contributed by atoms with Crippen molar-refractivity contribution in [2.75, 3.05) is 13.2 Å². The second-order valence-corrected chi connectivity index (χ2v) is 7.26. The fourth-order valence-corrected chi connectivity index (χ4v) is 3.58. The van der Waals surface area contributed by atoms with Gasteiger partial charge in [-0.25, -0.2) is 0 Å². The maximum absolute atomic E-state index is 5.93. The molecule has 20 heavy (non-hydrogen) atoms. The number of nitrogens with one attached hydrogen (secondary N) is 1. The molecule has 0 amide bonds. The van der Waals surface area contributed by atoms with Crippen LogP contribution in [-0.2, 0) is 0 Å². The Hall–Kier alpha value is -1.04. The second-order valence-electron chi connectivity index (χ2n) is 4.77. The zero-order chi connectivity index (χ0) is 13.9. The van der Waals surface area contributed by atoms with Crippen molar-refractivity contribution in [2.45, 2.75) is 19.1 Å². The predicted octanol–water partition coefficient (Wildman–Crippen LogP) is 4.00. The average Bonchev–Trinajstić information content (AvgIpc) is 2.91. The molecule has 0 radical (unpaired) electrons. The molecule has 1 N–H and O–H groups in total. The Kier molecular flexibility index (Phi) is 4.29. The second kappa shape index (κ2) is 6.16. The zero-order valence-corrected chi connectivity index (χ0v) is 13.5. The Bertz CT molecular complexity index is 587. The minimum Gasteiger partial charge on any atom is -0.486 e. The summed E-state index contributed by atoms with van der Waals surface area (Å²) in [7, 11) is 0. The van der Waals surface area contributed by atoms with Crippen molar-refractivity contribution < 1.29 is 9.47 Å². The summed E-state index contributed by atoms with van der Waals surface area (Å²) < 4.78 is 12.8. The van der Waals surface area contributed by atoms with Crippen molar-refractivity contribution in [1.29, 1.82) is 0 Å². The quantitative estimate of drug-likeness (QED) is 0.900. The first-order valence-electron chi connectivity index (χ1n) is 6.59. The summed E-state index contributed by atoms with van der Waals surface area (Å²) >= 11 is 5.25. The minimum absolute atomic E-state index is 0.0516. The van der Waals surface area contributed by atoms with Gasteiger partial charge in [-0.15, -0.1) is 11.3 Å². The third kappa shape index (κ3) is 3.16. The third-order valence-electron chi connectivity index (χ3n) is 3.24. The molecule has 0 aliphatic carbocycles. The van der Waals surface area contributed by atoms with Gasteiger partial charge < -0.3 is 14.8 Å². The molecule has 0 fully saturated rings. The summed E-state index contributed by atoms with van der Waals surface area (Å²) in [6, 6.07) is 12.3. The van der Waals surface area contributed by atoms with Crippen LogP contribution in [0.5, 0.6) is 11.5 Å². The highest BCUT2D eigenvalue weighted by Gasteiger charge is 2.21. The highest BCUT2D eigenvalue weighted by molar-refractivity contribution is 9.11. The first-order valence-corrected chi connectivity index (χ1v) is 8.20. The lowest BCUT2D eigenvalue weighted by atomic mass is 10.2. The monoisotopic (exact) mass is 353 g/mol. The number of hydrogen-bond acceptors (Lipinski definition) is 4. The minimum atomic E-state index is 0.0516. The Balaban J connectivity index is 1.55. The van der Waals surface area contributed by atoms with E-state index in [-0.39, 0.29) is 6.10 Å². The number of hydrogen-bond donors (Lipinski definition) is 1. The standard InChI is InChI=1S/C15H16BrNO2S/c1-10(14-6-7-15(16)20-14)17-8-11-9-18-12-4-2-3-5-13(12)19-11/h2-7,10-11,17H,8-9H2,1H3. The van der Waals surface area contributed by atoms with E-state index in [1.807, 2.05) is 24.3 Å². The summed E-state index contributed by atoms with van der Waals surface area (Å²) in [5.74, 6) is 1.66. The number of para-hydroxylation sites is 2. The van der Waals surface area contributed by atoms with Gasteiger partial charge in [0.2, 0.25) is 0 Å². The van der Waals surface area contributed by atoms with Crippen LogP contribution in [0.15, 0.2) is 40.2 Å². The van der Waals surface area contributed by atoms with Gasteiger partial charge in [0.1, 0.15) is 12.7 Å². The first kappa shape index (κ1) is 13.9. The van der Waals surface area contributed by atoms with Crippen LogP contribution < -0.4 is 14.8 Å². The molecule has 2 atom stereocenters. The summed E-state index contributed by atoms with van der Waals surface area (Å²) in [4.78, 5) is 1.31. The van der Waals surface area contributed by atoms with E-state index in [2.05, 4.69) is 40.3 Å². The van der Waals surface area contributed by atoms with Crippen molar-refractivity contribution in [2.24, 2.45) is 0 Å². The Morgan fingerprint density at radius 1 is 1.30 bits per heavy atom. The molecule has 0 saturated carbocycles. The highest BCUT2D eigenvalue weighted by Crippen LogP contribution is 2.31. The van der Waals surface area contributed by atoms with E-state index in [9.17, 15) is 0 Å². The number of halogens is 1. The molecule has 0 spiro atoms. The number of fused-ring (bicyclic) bond motifs is 1. The molecule has 5 heteroatoms. The fourth-order valence-electron chi connectivity index (χ4n) is 2.13. The molecule has 2 aromatic rings. The van der Waals surface area contributed by atoms with Gasteiger partial charge in [-0.1, -0.05) is 12.1 Å². The number of ether oxygens (including phenoxy) is 2. The molecular formula is C15H16BrNO2S. The Morgan fingerprint density at radius 2 is 2.10 bits per heavy atom. The van der Waals surface area contributed by atoms with Crippen LogP contribution in [0.25, 0.3) is 0 Å². The largest absolute Gasteiger partial charge is 0.486 e. The van der Waals surface area contributed by atoms with Crippen LogP contribution in [-0.4, -0.2) is 19.3 Å². The molecule has 1 aromatic carbocycles. The third-order valence-corrected chi connectivity index (χ3v) is 5.05. The van der Waals surface area contributed by atoms with E-state index >= 15 is 0 Å². The van der Waals surface area contributed by atoms with Crippen molar-refractivity contribution in [3.05, 3.63) is 45.1 Å². The molecule has 3 nitrogen and oxygen atoms in total. The molecule has 3 rings (SSSR count). The van der Waals surface area contributed by atoms with E-state index in [0.29, 0.717) is 12.6 Å². The normalized spacial score (nSPS) is 18.8. The molecule has 2 unspecified atom stereocenters. The van der Waals surface area contributed by atoms with E-state index in [4.69, 9.17) is 9.47 Å². The van der Waals surface area contributed by atoms with Crippen molar-refractivity contribution in [3.63, 3.8) is 0 Å². The maximum atomic E-state index is 5.93. The molecule has 0 saturated heterocycles. The molecule has 2 heterocycles. The number of rotatable bonds is 4. The van der Waals surface area contributed by atoms with Gasteiger partial charge in [0.15, 0.2) is 11.5 Å². The zero-order valence-electron chi connectivity index (χ0n) is 11.1. The lowest BCUT2D eigenvalue weighted by Crippen LogP contribution is -2.39. The van der Waals surface area contributed by atoms with Gasteiger partial charge in [0, 0.05) is 17.5 Å². The summed E-state index contributed by atoms with van der Waals surface area (Å²) in [5.41, 5.74) is 0. The Labute approximate surface area is 131 Å². The van der Waals surface area contributed by atoms with E-state index in [1.165, 1.54) is 4.88 Å². The van der Waals surface area contributed by atoms with Crippen LogP contribution in [0.2, 0.25) is 0 Å². The van der Waals surface area contributed by atoms with Gasteiger partial charge in [-0.3, -0.25) is 0 Å². The molecule has 0 bridgehead atoms. The highest BCUT2D eigenvalue weighted by atomic mass is 79.9. The molecule has 1 aliphatic rings. The molecule has 1 aliphatic heterocycles. The predicted molar refractivity (Wildman–Crippen MR) is 84.8 cm³/mol. The summed E-state index contributed by atoms with van der Waals surface area (Å²) in [5, 5.41) is 3.50. The van der Waals surface area contributed by atoms with Gasteiger partial charge in [-0.2, -0.15) is 0 Å². The van der Waals surface area contributed by atoms with Gasteiger partial charge in [0.25, 0.3) is 0 Å². The van der Waals surface area contributed by atoms with Crippen LogP contribution in [0.1, 0.15) is 17.8 Å². The van der Waals surface area contributed by atoms with Crippen LogP contribution in [0.4, 0.5) is 0 Å². The lowest BCUT2D eigenvalue weighted by molar-refractivity contribution is 0.0887. The smallest absolute Gasteiger partial charge is 0.161 e. The van der Waals surface area contributed by atoms with Gasteiger partial charge >= 0.3 is 0 Å². The molecular weight excluding hydrogens is 338 g/mol. The van der Waals surface area contributed by atoms with E-state index in [0.717, 1.165) is 21.8 Å². The van der Waals surface area contributed by atoms with Crippen molar-refractivity contribution in [1.82, 2.24) is 5.32 Å². The first-order chi connectivity index (χ1) is 9.72. The fraction of sp³-hybridized carbons (Fsp3) is 0.333. The SMILES string of the molecule is CC(NCC1COc2ccccc2O1)c1ccc(Br)s1. The maximum Gasteiger partial charge on any atom is 0.161 e. The average molecular weight is 354 g/mol. The van der Waals surface area contributed by atoms with Crippen LogP contribution in [0.3, 0.4) is 0 Å². The van der Waals surface area contributed by atoms with Crippen molar-refractivity contribution in [3.8, 4) is 11.5 Å². The van der Waals surface area contributed by atoms with Crippen LogP contribution >= 0.6 is 27.3 Å². The topological polar surface area (TPSA) is 30.5 Å². The molecule has 106 valence electrons. The van der Waals surface area contributed by atoms with Gasteiger partial charge in [0.05, 0.1) is 3.79 Å². The summed E-state index contributed by atoms with van der Waals surface area (Å²) in [6.45, 7) is 3.52. The van der Waals surface area contributed by atoms with Gasteiger partial charge in [-0.05, 0) is 47.1 Å². The Morgan fingerprint density at radius 3 is 2.85 bits per heavy atom. The summed E-state index contributed by atoms with van der Waals surface area (Å²) in [6.07, 6.45) is 0.0516. The number of benzene rings is 1. The van der Waals surface area contributed by atoms with Crippen LogP contribution in [0, 0.1) is 0 Å². The van der Waals surface area contributed by atoms with E-state index < -0.39 is 0 Å². The molecule has 1 aromatic heterocycles. The number of thiophene rings is 1.